The van der Waals surface area contributed by atoms with E-state index in [1.54, 1.807) is 31.8 Å². The number of carbonyl (C=O) groups excluding carboxylic acids is 1. The number of hydrogen-bond acceptors (Lipinski definition) is 3. The van der Waals surface area contributed by atoms with Gasteiger partial charge in [0.15, 0.2) is 0 Å². The number of aryl methyl sites for hydroxylation is 2. The van der Waals surface area contributed by atoms with Gasteiger partial charge in [-0.1, -0.05) is 11.6 Å². The van der Waals surface area contributed by atoms with Crippen molar-refractivity contribution in [3.05, 3.63) is 22.5 Å². The highest BCUT2D eigenvalue weighted by Gasteiger charge is 2.10. The molecule has 0 aliphatic carbocycles. The van der Waals surface area contributed by atoms with E-state index in [1.165, 1.54) is 11.0 Å². The minimum Gasteiger partial charge on any atom is -0.392 e. The third kappa shape index (κ3) is 3.58. The van der Waals surface area contributed by atoms with Crippen molar-refractivity contribution >= 4 is 23.6 Å². The maximum Gasteiger partial charge on any atom is 0.246 e. The molecule has 0 aliphatic heterocycles. The van der Waals surface area contributed by atoms with Gasteiger partial charge in [-0.15, -0.1) is 0 Å². The lowest BCUT2D eigenvalue weighted by atomic mass is 10.2. The van der Waals surface area contributed by atoms with E-state index in [1.807, 2.05) is 6.92 Å². The summed E-state index contributed by atoms with van der Waals surface area (Å²) >= 11 is 6.05. The van der Waals surface area contributed by atoms with E-state index in [2.05, 4.69) is 5.10 Å². The first-order valence-corrected chi connectivity index (χ1v) is 6.01. The minimum atomic E-state index is -0.545. The van der Waals surface area contributed by atoms with E-state index in [9.17, 15) is 9.90 Å². The molecule has 0 saturated heterocycles. The molecule has 1 aromatic heterocycles. The maximum absolute atomic E-state index is 11.7. The van der Waals surface area contributed by atoms with E-state index in [0.29, 0.717) is 11.7 Å². The molecule has 0 aromatic carbocycles. The van der Waals surface area contributed by atoms with Gasteiger partial charge in [-0.05, 0) is 19.9 Å². The molecule has 1 rings (SSSR count). The lowest BCUT2D eigenvalue weighted by Gasteiger charge is -2.16. The number of aliphatic hydroxyl groups is 1. The summed E-state index contributed by atoms with van der Waals surface area (Å²) in [5.41, 5.74) is 1.50. The monoisotopic (exact) mass is 271 g/mol. The predicted molar refractivity (Wildman–Crippen MR) is 71.3 cm³/mol. The molecule has 1 aromatic rings. The van der Waals surface area contributed by atoms with Gasteiger partial charge in [0.05, 0.1) is 11.8 Å². The van der Waals surface area contributed by atoms with Crippen molar-refractivity contribution in [1.29, 1.82) is 0 Å². The van der Waals surface area contributed by atoms with Crippen molar-refractivity contribution in [2.45, 2.75) is 20.0 Å². The SMILES string of the molecule is Cc1nn(C)c(Cl)c1/C=C/C(=O)N(C)CC(C)O. The Bertz CT molecular complexity index is 466. The molecule has 0 radical (unpaired) electrons. The number of carbonyl (C=O) groups is 1. The maximum atomic E-state index is 11.7. The fraction of sp³-hybridized carbons (Fsp3) is 0.500. The number of nitrogens with zero attached hydrogens (tertiary/aromatic N) is 3. The predicted octanol–water partition coefficient (Wildman–Crippen LogP) is 1.23. The first-order chi connectivity index (χ1) is 8.32. The van der Waals surface area contributed by atoms with Gasteiger partial charge < -0.3 is 10.0 Å². The third-order valence-corrected chi connectivity index (χ3v) is 2.95. The first-order valence-electron chi connectivity index (χ1n) is 5.63. The Hall–Kier alpha value is -1.33. The van der Waals surface area contributed by atoms with Crippen LogP contribution in [0.5, 0.6) is 0 Å². The molecule has 1 N–H and O–H groups in total. The average molecular weight is 272 g/mol. The summed E-state index contributed by atoms with van der Waals surface area (Å²) in [5, 5.41) is 13.8. The van der Waals surface area contributed by atoms with Crippen LogP contribution in [0.1, 0.15) is 18.2 Å². The van der Waals surface area contributed by atoms with Crippen LogP contribution in [0, 0.1) is 6.92 Å². The van der Waals surface area contributed by atoms with Gasteiger partial charge in [0.2, 0.25) is 5.91 Å². The number of likely N-dealkylation sites (N-methyl/N-ethyl adjacent to an activating group) is 1. The molecule has 18 heavy (non-hydrogen) atoms. The van der Waals surface area contributed by atoms with Gasteiger partial charge in [0.25, 0.3) is 0 Å². The summed E-state index contributed by atoms with van der Waals surface area (Å²) in [6.45, 7) is 3.76. The van der Waals surface area contributed by atoms with Crippen LogP contribution in [0.25, 0.3) is 6.08 Å². The molecule has 0 aliphatic rings. The highest BCUT2D eigenvalue weighted by Crippen LogP contribution is 2.19. The molecule has 1 unspecified atom stereocenters. The molecule has 0 saturated carbocycles. The Morgan fingerprint density at radius 2 is 2.28 bits per heavy atom. The van der Waals surface area contributed by atoms with Gasteiger partial charge in [-0.2, -0.15) is 5.10 Å². The van der Waals surface area contributed by atoms with E-state index in [4.69, 9.17) is 11.6 Å². The number of aliphatic hydroxyl groups excluding tert-OH is 1. The molecule has 0 spiro atoms. The minimum absolute atomic E-state index is 0.185. The number of hydrogen-bond donors (Lipinski definition) is 1. The topological polar surface area (TPSA) is 58.4 Å². The zero-order valence-corrected chi connectivity index (χ0v) is 11.8. The first kappa shape index (κ1) is 14.7. The lowest BCUT2D eigenvalue weighted by molar-refractivity contribution is -0.125. The second kappa shape index (κ2) is 6.02. The van der Waals surface area contributed by atoms with Crippen LogP contribution >= 0.6 is 11.6 Å². The van der Waals surface area contributed by atoms with Crippen molar-refractivity contribution in [1.82, 2.24) is 14.7 Å². The fourth-order valence-electron chi connectivity index (χ4n) is 1.60. The highest BCUT2D eigenvalue weighted by atomic mass is 35.5. The van der Waals surface area contributed by atoms with Crippen LogP contribution in [0.3, 0.4) is 0 Å². The van der Waals surface area contributed by atoms with Crippen LogP contribution in [0.15, 0.2) is 6.08 Å². The summed E-state index contributed by atoms with van der Waals surface area (Å²) in [6, 6.07) is 0. The van der Waals surface area contributed by atoms with E-state index in [0.717, 1.165) is 11.3 Å². The van der Waals surface area contributed by atoms with Gasteiger partial charge in [0.1, 0.15) is 5.15 Å². The van der Waals surface area contributed by atoms with E-state index >= 15 is 0 Å². The van der Waals surface area contributed by atoms with Crippen molar-refractivity contribution in [3.8, 4) is 0 Å². The Kier molecular flexibility index (Phi) is 4.93. The quantitative estimate of drug-likeness (QED) is 0.838. The van der Waals surface area contributed by atoms with Crippen molar-refractivity contribution < 1.29 is 9.90 Å². The summed E-state index contributed by atoms with van der Waals surface area (Å²) < 4.78 is 1.56. The van der Waals surface area contributed by atoms with Gasteiger partial charge in [-0.25, -0.2) is 0 Å². The second-order valence-corrected chi connectivity index (χ2v) is 4.67. The molecule has 0 bridgehead atoms. The summed E-state index contributed by atoms with van der Waals surface area (Å²) in [5.74, 6) is -0.185. The third-order valence-electron chi connectivity index (χ3n) is 2.50. The normalized spacial score (nSPS) is 13.0. The van der Waals surface area contributed by atoms with Gasteiger partial charge in [-0.3, -0.25) is 9.48 Å². The van der Waals surface area contributed by atoms with Crippen molar-refractivity contribution in [2.24, 2.45) is 7.05 Å². The van der Waals surface area contributed by atoms with Crippen LogP contribution in [0.2, 0.25) is 5.15 Å². The molecular formula is C12H18ClN3O2. The zero-order chi connectivity index (χ0) is 13.9. The van der Waals surface area contributed by atoms with Crippen molar-refractivity contribution in [2.75, 3.05) is 13.6 Å². The van der Waals surface area contributed by atoms with Crippen LogP contribution in [-0.2, 0) is 11.8 Å². The molecule has 1 heterocycles. The van der Waals surface area contributed by atoms with Gasteiger partial charge in [0, 0.05) is 32.3 Å². The average Bonchev–Trinajstić information content (AvgIpc) is 2.49. The Morgan fingerprint density at radius 1 is 1.67 bits per heavy atom. The van der Waals surface area contributed by atoms with Crippen LogP contribution in [-0.4, -0.2) is 45.4 Å². The largest absolute Gasteiger partial charge is 0.392 e. The standard InChI is InChI=1S/C12H18ClN3O2/c1-8(17)7-15(3)11(18)6-5-10-9(2)14-16(4)12(10)13/h5-6,8,17H,7H2,1-4H3/b6-5+. The number of halogens is 1. The second-order valence-electron chi connectivity index (χ2n) is 4.31. The lowest BCUT2D eigenvalue weighted by Crippen LogP contribution is -2.31. The summed E-state index contributed by atoms with van der Waals surface area (Å²) in [7, 11) is 3.38. The van der Waals surface area contributed by atoms with Crippen LogP contribution < -0.4 is 0 Å². The van der Waals surface area contributed by atoms with E-state index < -0.39 is 6.10 Å². The smallest absolute Gasteiger partial charge is 0.246 e. The molecule has 1 atom stereocenters. The molecule has 6 heteroatoms. The van der Waals surface area contributed by atoms with Gasteiger partial charge >= 0.3 is 0 Å². The number of amides is 1. The summed E-state index contributed by atoms with van der Waals surface area (Å²) in [4.78, 5) is 13.2. The van der Waals surface area contributed by atoms with E-state index in [-0.39, 0.29) is 5.91 Å². The Labute approximate surface area is 112 Å². The number of rotatable bonds is 4. The molecule has 100 valence electrons. The van der Waals surface area contributed by atoms with Crippen LogP contribution in [0.4, 0.5) is 0 Å². The summed E-state index contributed by atoms with van der Waals surface area (Å²) in [6.07, 6.45) is 2.53. The Balaban J connectivity index is 2.78. The molecule has 5 nitrogen and oxygen atoms in total. The zero-order valence-electron chi connectivity index (χ0n) is 11.0. The molecule has 0 fully saturated rings. The number of aromatic nitrogens is 2. The fourth-order valence-corrected chi connectivity index (χ4v) is 1.84. The van der Waals surface area contributed by atoms with Crippen molar-refractivity contribution in [3.63, 3.8) is 0 Å². The molecular weight excluding hydrogens is 254 g/mol. The highest BCUT2D eigenvalue weighted by molar-refractivity contribution is 6.31. The Morgan fingerprint density at radius 3 is 2.72 bits per heavy atom. The molecule has 1 amide bonds.